The van der Waals surface area contributed by atoms with Gasteiger partial charge in [0.05, 0.1) is 5.69 Å². The van der Waals surface area contributed by atoms with Crippen LogP contribution in [0.5, 0.6) is 0 Å². The van der Waals surface area contributed by atoms with E-state index in [0.29, 0.717) is 0 Å². The Morgan fingerprint density at radius 3 is 2.44 bits per heavy atom. The van der Waals surface area contributed by atoms with E-state index < -0.39 is 0 Å². The molecule has 4 aromatic rings. The van der Waals surface area contributed by atoms with Crippen LogP contribution in [0.2, 0.25) is 5.02 Å². The maximum atomic E-state index is 6.01. The molecule has 0 N–H and O–H groups in total. The first-order valence-electron chi connectivity index (χ1n) is 11.7. The summed E-state index contributed by atoms with van der Waals surface area (Å²) in [5, 5.41) is 2.02. The molecular weight excluding hydrogens is 414 g/mol. The van der Waals surface area contributed by atoms with Crippen LogP contribution >= 0.6 is 11.6 Å². The zero-order valence-corrected chi connectivity index (χ0v) is 19.4. The van der Waals surface area contributed by atoms with Crippen LogP contribution in [0.25, 0.3) is 33.3 Å². The molecule has 164 valence electrons. The fourth-order valence-electron chi connectivity index (χ4n) is 4.46. The Kier molecular flexibility index (Phi) is 6.29. The molecule has 2 aromatic carbocycles. The molecule has 1 aliphatic rings. The topological polar surface area (TPSA) is 21.1 Å². The Morgan fingerprint density at radius 2 is 1.72 bits per heavy atom. The zero-order chi connectivity index (χ0) is 21.9. The molecule has 0 saturated heterocycles. The first-order valence-corrected chi connectivity index (χ1v) is 12.1. The third kappa shape index (κ3) is 4.90. The molecule has 0 aliphatic heterocycles. The number of nitrogens with zero attached hydrogens (tertiary/aromatic N) is 3. The predicted molar refractivity (Wildman–Crippen MR) is 135 cm³/mol. The normalized spacial score (nSPS) is 13.8. The highest BCUT2D eigenvalue weighted by atomic mass is 35.5. The number of rotatable bonds is 9. The number of benzene rings is 2. The molecule has 4 heteroatoms. The van der Waals surface area contributed by atoms with E-state index in [1.54, 1.807) is 0 Å². The van der Waals surface area contributed by atoms with Crippen LogP contribution in [-0.4, -0.2) is 34.1 Å². The van der Waals surface area contributed by atoms with Crippen molar-refractivity contribution in [2.45, 2.75) is 32.7 Å². The Bertz CT molecular complexity index is 1170. The fourth-order valence-corrected chi connectivity index (χ4v) is 4.58. The van der Waals surface area contributed by atoms with Crippen molar-refractivity contribution in [2.75, 3.05) is 19.6 Å². The van der Waals surface area contributed by atoms with Crippen LogP contribution in [0.1, 0.15) is 26.2 Å². The average Bonchev–Trinajstić information content (AvgIpc) is 3.55. The van der Waals surface area contributed by atoms with E-state index in [1.165, 1.54) is 43.3 Å². The summed E-state index contributed by atoms with van der Waals surface area (Å²) in [4.78, 5) is 7.37. The highest BCUT2D eigenvalue weighted by molar-refractivity contribution is 6.30. The minimum atomic E-state index is 0.750. The number of pyridine rings is 1. The Morgan fingerprint density at radius 1 is 0.938 bits per heavy atom. The summed E-state index contributed by atoms with van der Waals surface area (Å²) in [6.45, 7) is 6.93. The number of hydrogen-bond donors (Lipinski definition) is 0. The van der Waals surface area contributed by atoms with Crippen molar-refractivity contribution in [1.82, 2.24) is 14.5 Å². The quantitative estimate of drug-likeness (QED) is 0.274. The molecule has 2 aromatic heterocycles. The van der Waals surface area contributed by atoms with Gasteiger partial charge in [0, 0.05) is 59.1 Å². The Labute approximate surface area is 195 Å². The molecular formula is C28H30ClN3. The van der Waals surface area contributed by atoms with Gasteiger partial charge in [0.15, 0.2) is 0 Å². The standard InChI is InChI=1S/C28H30ClN3/c1-2-14-31(20-21-3-4-21)16-17-32-15-13-24-18-23(8-12-28(24)32)27-11-7-25(19-30-27)22-5-9-26(29)10-6-22/h5-13,15,18-19,21H,2-4,14,16-17,20H2,1H3. The Hall–Kier alpha value is -2.62. The average molecular weight is 444 g/mol. The number of hydrogen-bond acceptors (Lipinski definition) is 2. The van der Waals surface area contributed by atoms with Crippen LogP contribution in [-0.2, 0) is 6.54 Å². The maximum absolute atomic E-state index is 6.01. The molecule has 0 amide bonds. The van der Waals surface area contributed by atoms with Crippen molar-refractivity contribution in [2.24, 2.45) is 5.92 Å². The summed E-state index contributed by atoms with van der Waals surface area (Å²) in [6, 6.07) is 21.0. The molecule has 5 rings (SSSR count). The molecule has 0 atom stereocenters. The van der Waals surface area contributed by atoms with E-state index in [0.717, 1.165) is 46.4 Å². The lowest BCUT2D eigenvalue weighted by Crippen LogP contribution is -2.30. The van der Waals surface area contributed by atoms with Gasteiger partial charge >= 0.3 is 0 Å². The first kappa shape index (κ1) is 21.2. The number of fused-ring (bicyclic) bond motifs is 1. The molecule has 0 spiro atoms. The van der Waals surface area contributed by atoms with Crippen LogP contribution in [0.3, 0.4) is 0 Å². The van der Waals surface area contributed by atoms with Gasteiger partial charge in [-0.05, 0) is 73.7 Å². The predicted octanol–water partition coefficient (Wildman–Crippen LogP) is 7.15. The summed E-state index contributed by atoms with van der Waals surface area (Å²) >= 11 is 6.01. The molecule has 0 unspecified atom stereocenters. The van der Waals surface area contributed by atoms with Gasteiger partial charge in [-0.25, -0.2) is 0 Å². The van der Waals surface area contributed by atoms with Gasteiger partial charge in [-0.3, -0.25) is 4.98 Å². The SMILES string of the molecule is CCCN(CCn1ccc2cc(-c3ccc(-c4ccc(Cl)cc4)cn3)ccc21)CC1CC1. The highest BCUT2D eigenvalue weighted by Gasteiger charge is 2.23. The van der Waals surface area contributed by atoms with Crippen molar-refractivity contribution in [1.29, 1.82) is 0 Å². The van der Waals surface area contributed by atoms with Gasteiger partial charge in [0.25, 0.3) is 0 Å². The van der Waals surface area contributed by atoms with E-state index >= 15 is 0 Å². The molecule has 0 bridgehead atoms. The largest absolute Gasteiger partial charge is 0.346 e. The van der Waals surface area contributed by atoms with Gasteiger partial charge in [-0.2, -0.15) is 0 Å². The zero-order valence-electron chi connectivity index (χ0n) is 18.7. The van der Waals surface area contributed by atoms with Crippen molar-refractivity contribution in [3.05, 3.63) is 78.1 Å². The summed E-state index contributed by atoms with van der Waals surface area (Å²) < 4.78 is 2.39. The lowest BCUT2D eigenvalue weighted by atomic mass is 10.1. The minimum absolute atomic E-state index is 0.750. The number of aromatic nitrogens is 2. The maximum Gasteiger partial charge on any atom is 0.0702 e. The fraction of sp³-hybridized carbons (Fsp3) is 0.321. The molecule has 32 heavy (non-hydrogen) atoms. The molecule has 3 nitrogen and oxygen atoms in total. The Balaban J connectivity index is 1.30. The van der Waals surface area contributed by atoms with Crippen LogP contribution in [0.15, 0.2) is 73.1 Å². The van der Waals surface area contributed by atoms with Crippen molar-refractivity contribution in [3.8, 4) is 22.4 Å². The monoisotopic (exact) mass is 443 g/mol. The third-order valence-electron chi connectivity index (χ3n) is 6.42. The summed E-state index contributed by atoms with van der Waals surface area (Å²) in [5.41, 5.74) is 5.67. The second-order valence-electron chi connectivity index (χ2n) is 8.97. The van der Waals surface area contributed by atoms with Crippen molar-refractivity contribution >= 4 is 22.5 Å². The van der Waals surface area contributed by atoms with Gasteiger partial charge in [-0.15, -0.1) is 0 Å². The molecule has 1 aliphatic carbocycles. The molecule has 0 radical (unpaired) electrons. The minimum Gasteiger partial charge on any atom is -0.346 e. The lowest BCUT2D eigenvalue weighted by Gasteiger charge is -2.22. The smallest absolute Gasteiger partial charge is 0.0702 e. The summed E-state index contributed by atoms with van der Waals surface area (Å²) in [6.07, 6.45) is 8.24. The van der Waals surface area contributed by atoms with Gasteiger partial charge < -0.3 is 9.47 Å². The van der Waals surface area contributed by atoms with E-state index in [1.807, 2.05) is 30.5 Å². The van der Waals surface area contributed by atoms with Crippen molar-refractivity contribution in [3.63, 3.8) is 0 Å². The van der Waals surface area contributed by atoms with Gasteiger partial charge in [0.2, 0.25) is 0 Å². The highest BCUT2D eigenvalue weighted by Crippen LogP contribution is 2.30. The van der Waals surface area contributed by atoms with Crippen LogP contribution in [0, 0.1) is 5.92 Å². The van der Waals surface area contributed by atoms with Crippen molar-refractivity contribution < 1.29 is 0 Å². The van der Waals surface area contributed by atoms with E-state index in [2.05, 4.69) is 59.0 Å². The van der Waals surface area contributed by atoms with E-state index in [9.17, 15) is 0 Å². The first-order chi connectivity index (χ1) is 15.7. The summed E-state index contributed by atoms with van der Waals surface area (Å²) in [7, 11) is 0. The van der Waals surface area contributed by atoms with Crippen LogP contribution < -0.4 is 0 Å². The lowest BCUT2D eigenvalue weighted by molar-refractivity contribution is 0.254. The van der Waals surface area contributed by atoms with Gasteiger partial charge in [0.1, 0.15) is 0 Å². The number of halogens is 1. The molecule has 1 saturated carbocycles. The van der Waals surface area contributed by atoms with E-state index in [-0.39, 0.29) is 0 Å². The van der Waals surface area contributed by atoms with Crippen LogP contribution in [0.4, 0.5) is 0 Å². The second-order valence-corrected chi connectivity index (χ2v) is 9.40. The van der Waals surface area contributed by atoms with E-state index in [4.69, 9.17) is 16.6 Å². The third-order valence-corrected chi connectivity index (χ3v) is 6.67. The van der Waals surface area contributed by atoms with Gasteiger partial charge in [-0.1, -0.05) is 42.8 Å². The summed E-state index contributed by atoms with van der Waals surface area (Å²) in [5.74, 6) is 0.948. The second kappa shape index (κ2) is 9.48. The molecule has 2 heterocycles. The molecule has 1 fully saturated rings.